The number of benzene rings is 2. The highest BCUT2D eigenvalue weighted by Crippen LogP contribution is 2.54. The van der Waals surface area contributed by atoms with Crippen LogP contribution in [0.2, 0.25) is 0 Å². The molecule has 0 bridgehead atoms. The summed E-state index contributed by atoms with van der Waals surface area (Å²) in [4.78, 5) is 15.2. The van der Waals surface area contributed by atoms with Gasteiger partial charge in [-0.3, -0.25) is 19.3 Å². The molecule has 3 aromatic rings. The van der Waals surface area contributed by atoms with E-state index in [0.29, 0.717) is 21.2 Å². The number of rotatable bonds is 6. The number of hydrogen-bond donors (Lipinski definition) is 1. The largest absolute Gasteiger partial charge is 0.316 e. The molecular formula is C21H18BrFN7O3P. The molecule has 1 aromatic heterocycles. The zero-order valence-corrected chi connectivity index (χ0v) is 20.5. The lowest BCUT2D eigenvalue weighted by molar-refractivity contribution is -0.384. The number of hydrogen-bond acceptors (Lipinski definition) is 6. The van der Waals surface area contributed by atoms with Crippen LogP contribution in [0.25, 0.3) is 0 Å². The lowest BCUT2D eigenvalue weighted by Gasteiger charge is -2.35. The van der Waals surface area contributed by atoms with E-state index in [1.54, 1.807) is 19.1 Å². The van der Waals surface area contributed by atoms with E-state index in [1.807, 2.05) is 6.07 Å². The molecule has 1 aliphatic rings. The number of aryl methyl sites for hydroxylation is 2. The van der Waals surface area contributed by atoms with E-state index in [4.69, 9.17) is 5.26 Å². The maximum Gasteiger partial charge on any atom is 0.296 e. The number of amidine groups is 1. The minimum absolute atomic E-state index is 0.123. The molecule has 0 spiro atoms. The van der Waals surface area contributed by atoms with Crippen LogP contribution in [0.4, 0.5) is 21.6 Å². The Bertz CT molecular complexity index is 1430. The van der Waals surface area contributed by atoms with Gasteiger partial charge in [-0.2, -0.15) is 10.4 Å². The molecule has 0 unspecified atom stereocenters. The Morgan fingerprint density at radius 1 is 1.32 bits per heavy atom. The SMILES string of the molecule is Cc1nn(CCC#N)c2c1[P@](=O)(Nc1ccc([N+](=O)[O-])cc1Br)N(C)C(c1ccccc1F)=N2. The molecular weight excluding hydrogens is 528 g/mol. The molecule has 0 saturated carbocycles. The van der Waals surface area contributed by atoms with Crippen molar-refractivity contribution in [2.45, 2.75) is 19.9 Å². The minimum Gasteiger partial charge on any atom is -0.316 e. The molecule has 0 amide bonds. The van der Waals surface area contributed by atoms with Crippen molar-refractivity contribution in [3.63, 3.8) is 0 Å². The number of anilines is 1. The van der Waals surface area contributed by atoms with E-state index in [9.17, 15) is 19.1 Å². The molecule has 1 N–H and O–H groups in total. The predicted molar refractivity (Wildman–Crippen MR) is 129 cm³/mol. The molecule has 174 valence electrons. The van der Waals surface area contributed by atoms with E-state index >= 15 is 0 Å². The summed E-state index contributed by atoms with van der Waals surface area (Å²) in [6.07, 6.45) is 0.152. The molecule has 2 aromatic carbocycles. The molecule has 0 radical (unpaired) electrons. The Kier molecular flexibility index (Phi) is 6.25. The third kappa shape index (κ3) is 3.97. The van der Waals surface area contributed by atoms with Crippen LogP contribution in [0.15, 0.2) is 51.9 Å². The van der Waals surface area contributed by atoms with Crippen LogP contribution in [0.3, 0.4) is 0 Å². The van der Waals surface area contributed by atoms with E-state index in [0.717, 1.165) is 0 Å². The Morgan fingerprint density at radius 3 is 2.71 bits per heavy atom. The second kappa shape index (κ2) is 9.00. The van der Waals surface area contributed by atoms with Crippen LogP contribution < -0.4 is 10.4 Å². The number of non-ortho nitro benzene ring substituents is 1. The molecule has 34 heavy (non-hydrogen) atoms. The maximum atomic E-state index is 14.7. The third-order valence-corrected chi connectivity index (χ3v) is 8.66. The van der Waals surface area contributed by atoms with Crippen LogP contribution in [0.5, 0.6) is 0 Å². The Labute approximate surface area is 202 Å². The first-order valence-electron chi connectivity index (χ1n) is 10.0. The lowest BCUT2D eigenvalue weighted by atomic mass is 10.2. The number of nitriles is 1. The van der Waals surface area contributed by atoms with Crippen molar-refractivity contribution in [1.82, 2.24) is 14.5 Å². The van der Waals surface area contributed by atoms with Crippen LogP contribution in [0, 0.1) is 34.2 Å². The summed E-state index contributed by atoms with van der Waals surface area (Å²) in [6, 6.07) is 12.1. The highest BCUT2D eigenvalue weighted by molar-refractivity contribution is 9.10. The summed E-state index contributed by atoms with van der Waals surface area (Å²) >= 11 is 3.30. The van der Waals surface area contributed by atoms with Crippen molar-refractivity contribution in [1.29, 1.82) is 5.26 Å². The lowest BCUT2D eigenvalue weighted by Crippen LogP contribution is -2.37. The maximum absolute atomic E-state index is 14.7. The summed E-state index contributed by atoms with van der Waals surface area (Å²) in [7, 11) is -2.22. The molecule has 10 nitrogen and oxygen atoms in total. The van der Waals surface area contributed by atoms with E-state index in [1.165, 1.54) is 46.7 Å². The monoisotopic (exact) mass is 545 g/mol. The quantitative estimate of drug-likeness (QED) is 0.265. The van der Waals surface area contributed by atoms with Crippen molar-refractivity contribution < 1.29 is 13.9 Å². The van der Waals surface area contributed by atoms with Crippen molar-refractivity contribution in [3.8, 4) is 6.07 Å². The molecule has 1 atom stereocenters. The van der Waals surface area contributed by atoms with Crippen molar-refractivity contribution in [2.75, 3.05) is 12.1 Å². The molecule has 4 rings (SSSR count). The zero-order chi connectivity index (χ0) is 24.6. The van der Waals surface area contributed by atoms with Gasteiger partial charge in [-0.05, 0) is 41.1 Å². The number of halogens is 2. The Morgan fingerprint density at radius 2 is 2.06 bits per heavy atom. The van der Waals surface area contributed by atoms with Gasteiger partial charge >= 0.3 is 0 Å². The number of nitro benzene ring substituents is 1. The van der Waals surface area contributed by atoms with Gasteiger partial charge in [0.25, 0.3) is 13.1 Å². The standard InChI is InChI=1S/C21H18BrFN7O3P/c1-13-19-21(29(26-13)11-5-10-24)25-20(15-6-3-4-7-17(15)23)28(2)34(19,33)27-18-9-8-14(30(31)32)12-16(18)22/h3-4,6-9,12H,5,11H2,1-2H3,(H,27,33)/t34-/m0/s1. The fourth-order valence-corrected chi connectivity index (χ4v) is 6.71. The summed E-state index contributed by atoms with van der Waals surface area (Å²) < 4.78 is 32.6. The van der Waals surface area contributed by atoms with Crippen LogP contribution in [0.1, 0.15) is 17.7 Å². The number of nitrogens with zero attached hydrogens (tertiary/aromatic N) is 6. The summed E-state index contributed by atoms with van der Waals surface area (Å²) in [5.41, 5.74) is 0.782. The smallest absolute Gasteiger partial charge is 0.296 e. The molecule has 13 heteroatoms. The fraction of sp³-hybridized carbons (Fsp3) is 0.190. The number of aliphatic imine (C=N–C) groups is 1. The van der Waals surface area contributed by atoms with Gasteiger partial charge in [-0.25, -0.2) is 14.1 Å². The molecule has 0 aliphatic carbocycles. The molecule has 2 heterocycles. The Balaban J connectivity index is 1.91. The summed E-state index contributed by atoms with van der Waals surface area (Å²) in [5.74, 6) is -0.157. The Hall–Kier alpha value is -3.55. The summed E-state index contributed by atoms with van der Waals surface area (Å²) in [5, 5.41) is 27.9. The minimum atomic E-state index is -3.75. The van der Waals surface area contributed by atoms with E-state index in [2.05, 4.69) is 31.1 Å². The van der Waals surface area contributed by atoms with E-state index < -0.39 is 18.2 Å². The molecule has 0 saturated heterocycles. The van der Waals surface area contributed by atoms with Crippen LogP contribution >= 0.6 is 23.4 Å². The fourth-order valence-electron chi connectivity index (χ4n) is 3.67. The van der Waals surface area contributed by atoms with Gasteiger partial charge in [-0.1, -0.05) is 12.1 Å². The summed E-state index contributed by atoms with van der Waals surface area (Å²) in [6.45, 7) is 1.89. The van der Waals surface area contributed by atoms with Crippen LogP contribution in [-0.4, -0.2) is 32.3 Å². The third-order valence-electron chi connectivity index (χ3n) is 5.30. The first-order valence-corrected chi connectivity index (χ1v) is 12.5. The average molecular weight is 546 g/mol. The number of nitro groups is 1. The zero-order valence-electron chi connectivity index (χ0n) is 18.1. The highest BCUT2D eigenvalue weighted by Gasteiger charge is 2.43. The van der Waals surface area contributed by atoms with Gasteiger partial charge in [0, 0.05) is 23.7 Å². The molecule has 0 fully saturated rings. The highest BCUT2D eigenvalue weighted by atomic mass is 79.9. The first kappa shape index (κ1) is 23.6. The molecule has 1 aliphatic heterocycles. The van der Waals surface area contributed by atoms with Gasteiger partial charge in [0.05, 0.1) is 40.9 Å². The topological polar surface area (TPSA) is 129 Å². The number of fused-ring (bicyclic) bond motifs is 1. The van der Waals surface area contributed by atoms with Gasteiger partial charge in [-0.15, -0.1) is 0 Å². The second-order valence-electron chi connectivity index (χ2n) is 7.44. The van der Waals surface area contributed by atoms with Crippen LogP contribution in [-0.2, 0) is 11.1 Å². The second-order valence-corrected chi connectivity index (χ2v) is 10.7. The van der Waals surface area contributed by atoms with Crippen molar-refractivity contribution in [2.24, 2.45) is 4.99 Å². The number of nitrogens with one attached hydrogen (secondary N) is 1. The predicted octanol–water partition coefficient (Wildman–Crippen LogP) is 4.87. The van der Waals surface area contributed by atoms with Crippen molar-refractivity contribution in [3.05, 3.63) is 74.1 Å². The van der Waals surface area contributed by atoms with E-state index in [-0.39, 0.29) is 35.9 Å². The van der Waals surface area contributed by atoms with Gasteiger partial charge in [0.1, 0.15) is 17.0 Å². The van der Waals surface area contributed by atoms with Gasteiger partial charge in [0.15, 0.2) is 5.82 Å². The first-order chi connectivity index (χ1) is 16.2. The average Bonchev–Trinajstić information content (AvgIpc) is 3.12. The number of aromatic nitrogens is 2. The van der Waals surface area contributed by atoms with Gasteiger partial charge < -0.3 is 5.09 Å². The van der Waals surface area contributed by atoms with Gasteiger partial charge in [0.2, 0.25) is 0 Å². The normalized spacial score (nSPS) is 17.0. The van der Waals surface area contributed by atoms with Crippen molar-refractivity contribution >= 4 is 51.7 Å².